The molecule has 0 aromatic heterocycles. The molecule has 0 radical (unpaired) electrons. The van der Waals surface area contributed by atoms with E-state index in [4.69, 9.17) is 4.74 Å². The van der Waals surface area contributed by atoms with Crippen molar-refractivity contribution in [2.45, 2.75) is 26.2 Å². The predicted octanol–water partition coefficient (Wildman–Crippen LogP) is 3.52. The zero-order valence-electron chi connectivity index (χ0n) is 18.3. The molecule has 0 aliphatic carbocycles. The number of methoxy groups -OCH3 is 1. The summed E-state index contributed by atoms with van der Waals surface area (Å²) in [5.74, 6) is -0.696. The molecule has 0 spiro atoms. The van der Waals surface area contributed by atoms with Crippen molar-refractivity contribution in [3.63, 3.8) is 0 Å². The molecule has 0 atom stereocenters. The number of nitrogens with zero attached hydrogens (tertiary/aromatic N) is 2. The second-order valence-corrected chi connectivity index (χ2v) is 7.74. The standard InChI is InChI=1S/C23H28N4O5/c1-16-6-7-17(14-21(16)27(30)31)22(28)25-18-8-9-20(26-11-3-4-12-26)19(15-18)23(29)24-10-5-13-32-2/h6-9,14-15H,3-5,10-13H2,1-2H3,(H,24,29)(H,25,28). The minimum atomic E-state index is -0.511. The molecule has 1 aliphatic rings. The second kappa shape index (κ2) is 10.7. The summed E-state index contributed by atoms with van der Waals surface area (Å²) in [6, 6.07) is 9.58. The van der Waals surface area contributed by atoms with Crippen LogP contribution in [-0.2, 0) is 4.74 Å². The number of aryl methyl sites for hydroxylation is 1. The number of hydrogen-bond acceptors (Lipinski definition) is 6. The molecular formula is C23H28N4O5. The van der Waals surface area contributed by atoms with E-state index < -0.39 is 10.8 Å². The van der Waals surface area contributed by atoms with Gasteiger partial charge in [0.1, 0.15) is 0 Å². The van der Waals surface area contributed by atoms with Gasteiger partial charge in [0.15, 0.2) is 0 Å². The van der Waals surface area contributed by atoms with Crippen LogP contribution in [0.2, 0.25) is 0 Å². The minimum absolute atomic E-state index is 0.113. The Hall–Kier alpha value is -3.46. The zero-order valence-corrected chi connectivity index (χ0v) is 18.3. The first-order chi connectivity index (χ1) is 15.4. The molecular weight excluding hydrogens is 412 g/mol. The number of hydrogen-bond donors (Lipinski definition) is 2. The average Bonchev–Trinajstić information content (AvgIpc) is 3.31. The maximum Gasteiger partial charge on any atom is 0.273 e. The molecule has 32 heavy (non-hydrogen) atoms. The van der Waals surface area contributed by atoms with Gasteiger partial charge in [-0.15, -0.1) is 0 Å². The fourth-order valence-electron chi connectivity index (χ4n) is 3.69. The number of amides is 2. The third kappa shape index (κ3) is 5.61. The average molecular weight is 441 g/mol. The first-order valence-corrected chi connectivity index (χ1v) is 10.6. The van der Waals surface area contributed by atoms with Crippen molar-refractivity contribution >= 4 is 28.9 Å². The van der Waals surface area contributed by atoms with Gasteiger partial charge in [0.25, 0.3) is 17.5 Å². The second-order valence-electron chi connectivity index (χ2n) is 7.74. The van der Waals surface area contributed by atoms with E-state index in [0.29, 0.717) is 36.4 Å². The van der Waals surface area contributed by atoms with E-state index in [0.717, 1.165) is 31.6 Å². The van der Waals surface area contributed by atoms with Gasteiger partial charge >= 0.3 is 0 Å². The van der Waals surface area contributed by atoms with Crippen LogP contribution in [0, 0.1) is 17.0 Å². The Labute approximate surface area is 186 Å². The molecule has 1 heterocycles. The van der Waals surface area contributed by atoms with E-state index in [-0.39, 0.29) is 17.2 Å². The number of rotatable bonds is 9. The van der Waals surface area contributed by atoms with Crippen LogP contribution in [-0.4, -0.2) is 50.1 Å². The molecule has 1 fully saturated rings. The number of ether oxygens (including phenoxy) is 1. The largest absolute Gasteiger partial charge is 0.385 e. The van der Waals surface area contributed by atoms with Gasteiger partial charge in [-0.3, -0.25) is 19.7 Å². The fraction of sp³-hybridized carbons (Fsp3) is 0.391. The first kappa shape index (κ1) is 23.2. The topological polar surface area (TPSA) is 114 Å². The molecule has 2 N–H and O–H groups in total. The molecule has 0 bridgehead atoms. The number of nitro benzene ring substituents is 1. The summed E-state index contributed by atoms with van der Waals surface area (Å²) in [4.78, 5) is 38.4. The fourth-order valence-corrected chi connectivity index (χ4v) is 3.69. The van der Waals surface area contributed by atoms with Crippen molar-refractivity contribution < 1.29 is 19.2 Å². The Balaban J connectivity index is 1.82. The Morgan fingerprint density at radius 2 is 1.88 bits per heavy atom. The van der Waals surface area contributed by atoms with Crippen LogP contribution in [0.25, 0.3) is 0 Å². The highest BCUT2D eigenvalue weighted by Crippen LogP contribution is 2.28. The Bertz CT molecular complexity index is 1000. The molecule has 1 saturated heterocycles. The summed E-state index contributed by atoms with van der Waals surface area (Å²) in [6.07, 6.45) is 2.84. The normalized spacial score (nSPS) is 13.1. The maximum atomic E-state index is 12.9. The Kier molecular flexibility index (Phi) is 7.77. The van der Waals surface area contributed by atoms with Crippen molar-refractivity contribution in [1.29, 1.82) is 0 Å². The lowest BCUT2D eigenvalue weighted by Gasteiger charge is -2.22. The van der Waals surface area contributed by atoms with Crippen molar-refractivity contribution in [1.82, 2.24) is 5.32 Å². The first-order valence-electron chi connectivity index (χ1n) is 10.6. The predicted molar refractivity (Wildman–Crippen MR) is 123 cm³/mol. The number of carbonyl (C=O) groups excluding carboxylic acids is 2. The van der Waals surface area contributed by atoms with Crippen LogP contribution in [0.4, 0.5) is 17.1 Å². The van der Waals surface area contributed by atoms with E-state index in [1.54, 1.807) is 38.3 Å². The van der Waals surface area contributed by atoms with Crippen LogP contribution in [0.15, 0.2) is 36.4 Å². The van der Waals surface area contributed by atoms with Crippen LogP contribution < -0.4 is 15.5 Å². The highest BCUT2D eigenvalue weighted by atomic mass is 16.6. The molecule has 170 valence electrons. The number of carbonyl (C=O) groups is 2. The van der Waals surface area contributed by atoms with Gasteiger partial charge in [-0.05, 0) is 50.5 Å². The van der Waals surface area contributed by atoms with Gasteiger partial charge < -0.3 is 20.3 Å². The zero-order chi connectivity index (χ0) is 23.1. The van der Waals surface area contributed by atoms with Crippen molar-refractivity contribution in [3.8, 4) is 0 Å². The van der Waals surface area contributed by atoms with Gasteiger partial charge in [0.2, 0.25) is 0 Å². The van der Waals surface area contributed by atoms with Crippen LogP contribution in [0.5, 0.6) is 0 Å². The summed E-state index contributed by atoms with van der Waals surface area (Å²) in [5, 5.41) is 16.8. The molecule has 2 aromatic carbocycles. The van der Waals surface area contributed by atoms with Crippen molar-refractivity contribution in [2.24, 2.45) is 0 Å². The molecule has 0 unspecified atom stereocenters. The quantitative estimate of drug-likeness (QED) is 0.350. The number of benzene rings is 2. The van der Waals surface area contributed by atoms with E-state index in [1.807, 2.05) is 6.07 Å². The molecule has 3 rings (SSSR count). The third-order valence-electron chi connectivity index (χ3n) is 5.42. The monoisotopic (exact) mass is 440 g/mol. The van der Waals surface area contributed by atoms with Gasteiger partial charge in [-0.2, -0.15) is 0 Å². The van der Waals surface area contributed by atoms with E-state index in [9.17, 15) is 19.7 Å². The smallest absolute Gasteiger partial charge is 0.273 e. The van der Waals surface area contributed by atoms with Gasteiger partial charge in [-0.1, -0.05) is 6.07 Å². The molecule has 9 heteroatoms. The van der Waals surface area contributed by atoms with Crippen LogP contribution in [0.1, 0.15) is 45.5 Å². The Morgan fingerprint density at radius 3 is 2.56 bits per heavy atom. The van der Waals surface area contributed by atoms with Gasteiger partial charge in [0.05, 0.1) is 10.5 Å². The lowest BCUT2D eigenvalue weighted by Crippen LogP contribution is -2.29. The summed E-state index contributed by atoms with van der Waals surface area (Å²) < 4.78 is 5.02. The van der Waals surface area contributed by atoms with Gasteiger partial charge in [0, 0.05) is 61.9 Å². The van der Waals surface area contributed by atoms with E-state index in [1.165, 1.54) is 6.07 Å². The third-order valence-corrected chi connectivity index (χ3v) is 5.42. The van der Waals surface area contributed by atoms with E-state index in [2.05, 4.69) is 15.5 Å². The summed E-state index contributed by atoms with van der Waals surface area (Å²) in [7, 11) is 1.61. The SMILES string of the molecule is COCCCNC(=O)c1cc(NC(=O)c2ccc(C)c([N+](=O)[O-])c2)ccc1N1CCCC1. The highest BCUT2D eigenvalue weighted by molar-refractivity contribution is 6.06. The number of anilines is 2. The maximum absolute atomic E-state index is 12.9. The van der Waals surface area contributed by atoms with Crippen molar-refractivity contribution in [2.75, 3.05) is 43.6 Å². The summed E-state index contributed by atoms with van der Waals surface area (Å²) in [5.41, 5.74) is 2.31. The molecule has 9 nitrogen and oxygen atoms in total. The minimum Gasteiger partial charge on any atom is -0.385 e. The molecule has 1 aliphatic heterocycles. The van der Waals surface area contributed by atoms with Crippen LogP contribution >= 0.6 is 0 Å². The van der Waals surface area contributed by atoms with Crippen molar-refractivity contribution in [3.05, 3.63) is 63.2 Å². The summed E-state index contributed by atoms with van der Waals surface area (Å²) >= 11 is 0. The number of nitrogens with one attached hydrogen (secondary N) is 2. The molecule has 0 saturated carbocycles. The number of nitro groups is 1. The Morgan fingerprint density at radius 1 is 1.12 bits per heavy atom. The molecule has 2 aromatic rings. The van der Waals surface area contributed by atoms with Gasteiger partial charge in [-0.25, -0.2) is 0 Å². The molecule has 2 amide bonds. The lowest BCUT2D eigenvalue weighted by atomic mass is 10.1. The lowest BCUT2D eigenvalue weighted by molar-refractivity contribution is -0.385. The summed E-state index contributed by atoms with van der Waals surface area (Å²) in [6.45, 7) is 4.41. The highest BCUT2D eigenvalue weighted by Gasteiger charge is 2.21. The van der Waals surface area contributed by atoms with Crippen LogP contribution in [0.3, 0.4) is 0 Å². The van der Waals surface area contributed by atoms with E-state index >= 15 is 0 Å².